The van der Waals surface area contributed by atoms with E-state index >= 15 is 0 Å². The fraction of sp³-hybridized carbons (Fsp3) is 0.538. The summed E-state index contributed by atoms with van der Waals surface area (Å²) >= 11 is 0. The zero-order chi connectivity index (χ0) is 14.3. The second-order valence-electron chi connectivity index (χ2n) is 4.18. The largest absolute Gasteiger partial charge is 0.490 e. The van der Waals surface area contributed by atoms with Crippen molar-refractivity contribution in [2.24, 2.45) is 0 Å². The fourth-order valence-electron chi connectivity index (χ4n) is 1.96. The van der Waals surface area contributed by atoms with Gasteiger partial charge in [0.1, 0.15) is 0 Å². The summed E-state index contributed by atoms with van der Waals surface area (Å²) in [5.41, 5.74) is 0.962. The first-order chi connectivity index (χ1) is 9.12. The number of hydrogen-bond acceptors (Lipinski definition) is 5. The monoisotopic (exact) mass is 268 g/mol. The Morgan fingerprint density at radius 2 is 2.16 bits per heavy atom. The second-order valence-corrected chi connectivity index (χ2v) is 4.18. The topological polar surface area (TPSA) is 73.6 Å². The molecule has 1 atom stereocenters. The van der Waals surface area contributed by atoms with Gasteiger partial charge in [-0.2, -0.15) is 0 Å². The lowest BCUT2D eigenvalue weighted by molar-refractivity contribution is -0.385. The van der Waals surface area contributed by atoms with Crippen LogP contribution in [0, 0.1) is 10.1 Å². The highest BCUT2D eigenvalue weighted by Crippen LogP contribution is 2.27. The van der Waals surface area contributed by atoms with Crippen molar-refractivity contribution < 1.29 is 14.4 Å². The molecule has 0 heterocycles. The third kappa shape index (κ3) is 4.50. The lowest BCUT2D eigenvalue weighted by Gasteiger charge is -2.17. The van der Waals surface area contributed by atoms with Gasteiger partial charge in [0, 0.05) is 19.2 Å². The zero-order valence-electron chi connectivity index (χ0n) is 11.5. The molecule has 0 saturated carbocycles. The van der Waals surface area contributed by atoms with Crippen molar-refractivity contribution in [2.45, 2.75) is 19.4 Å². The van der Waals surface area contributed by atoms with Gasteiger partial charge in [-0.1, -0.05) is 13.0 Å². The van der Waals surface area contributed by atoms with Gasteiger partial charge in [-0.15, -0.1) is 0 Å². The number of likely N-dealkylation sites (N-methyl/N-ethyl adjacent to an activating group) is 1. The smallest absolute Gasteiger partial charge is 0.310 e. The van der Waals surface area contributed by atoms with Crippen LogP contribution in [0.1, 0.15) is 12.5 Å². The van der Waals surface area contributed by atoms with Crippen LogP contribution >= 0.6 is 0 Å². The molecule has 0 aliphatic heterocycles. The molecule has 0 fully saturated rings. The predicted molar refractivity (Wildman–Crippen MR) is 72.7 cm³/mol. The Hall–Kier alpha value is -1.66. The standard InChI is InChI=1S/C13H20N2O4/c1-4-14-11(9-18-2)7-10-5-6-12(15(16)17)13(8-10)19-3/h5-6,8,11,14H,4,7,9H2,1-3H3. The summed E-state index contributed by atoms with van der Waals surface area (Å²) in [5, 5.41) is 14.1. The molecule has 1 N–H and O–H groups in total. The molecule has 0 spiro atoms. The normalized spacial score (nSPS) is 12.2. The van der Waals surface area contributed by atoms with E-state index in [0.717, 1.165) is 18.5 Å². The minimum atomic E-state index is -0.445. The molecule has 1 aromatic carbocycles. The van der Waals surface area contributed by atoms with Crippen LogP contribution < -0.4 is 10.1 Å². The number of rotatable bonds is 8. The maximum atomic E-state index is 10.8. The van der Waals surface area contributed by atoms with Gasteiger partial charge in [-0.25, -0.2) is 0 Å². The molecular weight excluding hydrogens is 248 g/mol. The highest BCUT2D eigenvalue weighted by Gasteiger charge is 2.16. The molecule has 0 aromatic heterocycles. The van der Waals surface area contributed by atoms with Gasteiger partial charge in [0.15, 0.2) is 5.75 Å². The van der Waals surface area contributed by atoms with Crippen LogP contribution in [0.25, 0.3) is 0 Å². The maximum absolute atomic E-state index is 10.8. The second kappa shape index (κ2) is 7.70. The predicted octanol–water partition coefficient (Wildman–Crippen LogP) is 1.77. The molecule has 106 valence electrons. The van der Waals surface area contributed by atoms with Crippen LogP contribution in [0.2, 0.25) is 0 Å². The molecule has 1 aromatic rings. The zero-order valence-corrected chi connectivity index (χ0v) is 11.5. The first kappa shape index (κ1) is 15.4. The number of nitro benzene ring substituents is 1. The Balaban J connectivity index is 2.86. The molecule has 19 heavy (non-hydrogen) atoms. The molecule has 0 aliphatic carbocycles. The quantitative estimate of drug-likeness (QED) is 0.574. The Morgan fingerprint density at radius 1 is 1.42 bits per heavy atom. The van der Waals surface area contributed by atoms with Crippen LogP contribution in [0.4, 0.5) is 5.69 Å². The molecule has 0 aliphatic rings. The Labute approximate surface area is 112 Å². The number of nitrogens with zero attached hydrogens (tertiary/aromatic N) is 1. The van der Waals surface area contributed by atoms with E-state index < -0.39 is 4.92 Å². The minimum absolute atomic E-state index is 0.0157. The van der Waals surface area contributed by atoms with Gasteiger partial charge in [0.2, 0.25) is 0 Å². The van der Waals surface area contributed by atoms with Crippen molar-refractivity contribution in [3.63, 3.8) is 0 Å². The van der Waals surface area contributed by atoms with Gasteiger partial charge in [-0.3, -0.25) is 10.1 Å². The summed E-state index contributed by atoms with van der Waals surface area (Å²) in [5.74, 6) is 0.287. The van der Waals surface area contributed by atoms with E-state index in [1.807, 2.05) is 6.92 Å². The first-order valence-electron chi connectivity index (χ1n) is 6.16. The first-order valence-corrected chi connectivity index (χ1v) is 6.16. The molecule has 0 radical (unpaired) electrons. The molecule has 0 bridgehead atoms. The number of nitro groups is 1. The minimum Gasteiger partial charge on any atom is -0.490 e. The SMILES string of the molecule is CCNC(COC)Cc1ccc([N+](=O)[O-])c(OC)c1. The highest BCUT2D eigenvalue weighted by atomic mass is 16.6. The van der Waals surface area contributed by atoms with Gasteiger partial charge >= 0.3 is 5.69 Å². The van der Waals surface area contributed by atoms with Crippen LogP contribution in [-0.4, -0.2) is 38.3 Å². The van der Waals surface area contributed by atoms with E-state index in [9.17, 15) is 10.1 Å². The Kier molecular flexibility index (Phi) is 6.24. The van der Waals surface area contributed by atoms with Gasteiger partial charge in [-0.05, 0) is 24.6 Å². The van der Waals surface area contributed by atoms with Gasteiger partial charge in [0.25, 0.3) is 0 Å². The highest BCUT2D eigenvalue weighted by molar-refractivity contribution is 5.48. The third-order valence-electron chi connectivity index (χ3n) is 2.78. The van der Waals surface area contributed by atoms with Gasteiger partial charge < -0.3 is 14.8 Å². The van der Waals surface area contributed by atoms with Crippen molar-refractivity contribution >= 4 is 5.69 Å². The van der Waals surface area contributed by atoms with Gasteiger partial charge in [0.05, 0.1) is 18.6 Å². The summed E-state index contributed by atoms with van der Waals surface area (Å²) in [4.78, 5) is 10.4. The summed E-state index contributed by atoms with van der Waals surface area (Å²) in [6.45, 7) is 3.46. The third-order valence-corrected chi connectivity index (χ3v) is 2.78. The van der Waals surface area contributed by atoms with Crippen molar-refractivity contribution in [1.29, 1.82) is 0 Å². The van der Waals surface area contributed by atoms with Crippen LogP contribution in [0.3, 0.4) is 0 Å². The molecular formula is C13H20N2O4. The maximum Gasteiger partial charge on any atom is 0.310 e. The molecule has 1 unspecified atom stereocenters. The van der Waals surface area contributed by atoms with E-state index in [1.54, 1.807) is 19.2 Å². The van der Waals surface area contributed by atoms with E-state index in [0.29, 0.717) is 6.61 Å². The van der Waals surface area contributed by atoms with E-state index in [-0.39, 0.29) is 17.5 Å². The molecule has 1 rings (SSSR count). The van der Waals surface area contributed by atoms with Crippen molar-refractivity contribution in [3.05, 3.63) is 33.9 Å². The van der Waals surface area contributed by atoms with E-state index in [1.165, 1.54) is 13.2 Å². The molecule has 6 heteroatoms. The lowest BCUT2D eigenvalue weighted by atomic mass is 10.1. The summed E-state index contributed by atoms with van der Waals surface area (Å²) in [6.07, 6.45) is 0.732. The molecule has 6 nitrogen and oxygen atoms in total. The summed E-state index contributed by atoms with van der Waals surface area (Å²) < 4.78 is 10.2. The Bertz CT molecular complexity index is 417. The van der Waals surface area contributed by atoms with Crippen molar-refractivity contribution in [3.8, 4) is 5.75 Å². The van der Waals surface area contributed by atoms with Crippen LogP contribution in [-0.2, 0) is 11.2 Å². The molecule has 0 amide bonds. The van der Waals surface area contributed by atoms with E-state index in [2.05, 4.69) is 5.32 Å². The number of nitrogens with one attached hydrogen (secondary N) is 1. The number of ether oxygens (including phenoxy) is 2. The number of benzene rings is 1. The average Bonchev–Trinajstić information content (AvgIpc) is 2.38. The fourth-order valence-corrected chi connectivity index (χ4v) is 1.96. The number of methoxy groups -OCH3 is 2. The lowest BCUT2D eigenvalue weighted by Crippen LogP contribution is -2.34. The van der Waals surface area contributed by atoms with Crippen LogP contribution in [0.15, 0.2) is 18.2 Å². The summed E-state index contributed by atoms with van der Waals surface area (Å²) in [7, 11) is 3.09. The number of hydrogen-bond donors (Lipinski definition) is 1. The Morgan fingerprint density at radius 3 is 2.68 bits per heavy atom. The molecule has 0 saturated heterocycles. The average molecular weight is 268 g/mol. The van der Waals surface area contributed by atoms with E-state index in [4.69, 9.17) is 9.47 Å². The van der Waals surface area contributed by atoms with Crippen LogP contribution in [0.5, 0.6) is 5.75 Å². The van der Waals surface area contributed by atoms with Crippen molar-refractivity contribution in [1.82, 2.24) is 5.32 Å². The summed E-state index contributed by atoms with van der Waals surface area (Å²) in [6, 6.07) is 5.11. The van der Waals surface area contributed by atoms with Crippen molar-refractivity contribution in [2.75, 3.05) is 27.4 Å².